The number of hydrogen-bond acceptors (Lipinski definition) is 5. The highest BCUT2D eigenvalue weighted by Gasteiger charge is 2.22. The predicted molar refractivity (Wildman–Crippen MR) is 83.0 cm³/mol. The maximum Gasteiger partial charge on any atom is 0.225 e. The zero-order chi connectivity index (χ0) is 14.4. The van der Waals surface area contributed by atoms with Crippen molar-refractivity contribution in [1.29, 1.82) is 0 Å². The van der Waals surface area contributed by atoms with E-state index in [0.29, 0.717) is 6.04 Å². The Morgan fingerprint density at radius 2 is 2.15 bits per heavy atom. The molecule has 0 aromatic carbocycles. The van der Waals surface area contributed by atoms with E-state index < -0.39 is 0 Å². The Balaban J connectivity index is 1.91. The third-order valence-electron chi connectivity index (χ3n) is 3.91. The van der Waals surface area contributed by atoms with Crippen LogP contribution >= 0.6 is 0 Å². The lowest BCUT2D eigenvalue weighted by atomic mass is 10.1. The van der Waals surface area contributed by atoms with Gasteiger partial charge in [-0.05, 0) is 39.4 Å². The van der Waals surface area contributed by atoms with Gasteiger partial charge in [-0.25, -0.2) is 9.97 Å². The van der Waals surface area contributed by atoms with E-state index in [0.717, 1.165) is 37.6 Å². The minimum atomic E-state index is 0.526. The van der Waals surface area contributed by atoms with Crippen LogP contribution in [0.5, 0.6) is 0 Å². The number of hydrogen-bond donors (Lipinski definition) is 1. The number of aromatic nitrogens is 2. The molecule has 0 amide bonds. The molecule has 0 bridgehead atoms. The number of likely N-dealkylation sites (tertiary alicyclic amines) is 1. The SMILES string of the molecule is CCCNCc1cnc(N(C)C2CCCN(C)C2)nc1. The molecule has 1 N–H and O–H groups in total. The van der Waals surface area contributed by atoms with Crippen LogP contribution in [0.4, 0.5) is 5.95 Å². The Labute approximate surface area is 122 Å². The molecule has 2 rings (SSSR count). The summed E-state index contributed by atoms with van der Waals surface area (Å²) in [4.78, 5) is 13.6. The van der Waals surface area contributed by atoms with Crippen LogP contribution in [-0.4, -0.2) is 54.6 Å². The van der Waals surface area contributed by atoms with Crippen LogP contribution in [0.1, 0.15) is 31.7 Å². The highest BCUT2D eigenvalue weighted by Crippen LogP contribution is 2.17. The van der Waals surface area contributed by atoms with Crippen molar-refractivity contribution in [2.24, 2.45) is 0 Å². The third-order valence-corrected chi connectivity index (χ3v) is 3.91. The van der Waals surface area contributed by atoms with E-state index in [4.69, 9.17) is 0 Å². The maximum absolute atomic E-state index is 4.51. The second-order valence-electron chi connectivity index (χ2n) is 5.74. The minimum absolute atomic E-state index is 0.526. The number of nitrogens with zero attached hydrogens (tertiary/aromatic N) is 4. The van der Waals surface area contributed by atoms with Gasteiger partial charge in [0.1, 0.15) is 0 Å². The molecule has 20 heavy (non-hydrogen) atoms. The molecular weight excluding hydrogens is 250 g/mol. The average Bonchev–Trinajstić information content (AvgIpc) is 2.47. The highest BCUT2D eigenvalue weighted by molar-refractivity contribution is 5.30. The van der Waals surface area contributed by atoms with Crippen LogP contribution in [0, 0.1) is 0 Å². The fourth-order valence-electron chi connectivity index (χ4n) is 2.65. The number of rotatable bonds is 6. The normalized spacial score (nSPS) is 20.1. The van der Waals surface area contributed by atoms with E-state index in [1.165, 1.54) is 19.4 Å². The molecule has 2 heterocycles. The zero-order valence-electron chi connectivity index (χ0n) is 13.0. The van der Waals surface area contributed by atoms with Crippen molar-refractivity contribution in [3.05, 3.63) is 18.0 Å². The lowest BCUT2D eigenvalue weighted by molar-refractivity contribution is 0.247. The Hall–Kier alpha value is -1.20. The summed E-state index contributed by atoms with van der Waals surface area (Å²) in [5, 5.41) is 3.37. The molecule has 1 unspecified atom stereocenters. The van der Waals surface area contributed by atoms with Crippen LogP contribution < -0.4 is 10.2 Å². The van der Waals surface area contributed by atoms with Crippen molar-refractivity contribution in [1.82, 2.24) is 20.2 Å². The first-order valence-corrected chi connectivity index (χ1v) is 7.63. The molecular formula is C15H27N5. The van der Waals surface area contributed by atoms with Gasteiger partial charge in [-0.1, -0.05) is 6.92 Å². The monoisotopic (exact) mass is 277 g/mol. The van der Waals surface area contributed by atoms with Gasteiger partial charge < -0.3 is 15.1 Å². The molecule has 1 fully saturated rings. The molecule has 0 saturated carbocycles. The van der Waals surface area contributed by atoms with Crippen LogP contribution in [0.25, 0.3) is 0 Å². The van der Waals surface area contributed by atoms with Gasteiger partial charge in [-0.15, -0.1) is 0 Å². The van der Waals surface area contributed by atoms with Gasteiger partial charge in [0.25, 0.3) is 0 Å². The fourth-order valence-corrected chi connectivity index (χ4v) is 2.65. The standard InChI is InChI=1S/C15H27N5/c1-4-7-16-9-13-10-17-15(18-11-13)20(3)14-6-5-8-19(2)12-14/h10-11,14,16H,4-9,12H2,1-3H3. The highest BCUT2D eigenvalue weighted by atomic mass is 15.3. The van der Waals surface area contributed by atoms with Gasteiger partial charge in [-0.3, -0.25) is 0 Å². The zero-order valence-corrected chi connectivity index (χ0v) is 13.0. The molecule has 5 heteroatoms. The van der Waals surface area contributed by atoms with Gasteiger partial charge in [0, 0.05) is 44.1 Å². The van der Waals surface area contributed by atoms with Crippen molar-refractivity contribution in [2.75, 3.05) is 38.6 Å². The van der Waals surface area contributed by atoms with Crippen molar-refractivity contribution < 1.29 is 0 Å². The average molecular weight is 277 g/mol. The summed E-state index contributed by atoms with van der Waals surface area (Å²) in [6, 6.07) is 0.526. The van der Waals surface area contributed by atoms with Gasteiger partial charge in [0.05, 0.1) is 0 Å². The largest absolute Gasteiger partial charge is 0.340 e. The third kappa shape index (κ3) is 4.15. The number of anilines is 1. The van der Waals surface area contributed by atoms with Crippen molar-refractivity contribution >= 4 is 5.95 Å². The summed E-state index contributed by atoms with van der Waals surface area (Å²) in [5.74, 6) is 0.838. The molecule has 0 radical (unpaired) electrons. The van der Waals surface area contributed by atoms with Crippen LogP contribution in [-0.2, 0) is 6.54 Å². The molecule has 1 aromatic rings. The lowest BCUT2D eigenvalue weighted by Crippen LogP contribution is -2.45. The van der Waals surface area contributed by atoms with E-state index in [1.54, 1.807) is 0 Å². The number of nitrogens with one attached hydrogen (secondary N) is 1. The van der Waals surface area contributed by atoms with Gasteiger partial charge in [-0.2, -0.15) is 0 Å². The minimum Gasteiger partial charge on any atom is -0.340 e. The van der Waals surface area contributed by atoms with E-state index in [1.807, 2.05) is 12.4 Å². The molecule has 1 aliphatic rings. The second-order valence-corrected chi connectivity index (χ2v) is 5.74. The van der Waals surface area contributed by atoms with Gasteiger partial charge in [0.2, 0.25) is 5.95 Å². The first-order valence-electron chi connectivity index (χ1n) is 7.63. The molecule has 0 aliphatic carbocycles. The van der Waals surface area contributed by atoms with Crippen LogP contribution in [0.15, 0.2) is 12.4 Å². The van der Waals surface area contributed by atoms with Crippen LogP contribution in [0.2, 0.25) is 0 Å². The lowest BCUT2D eigenvalue weighted by Gasteiger charge is -2.35. The van der Waals surface area contributed by atoms with E-state index in [2.05, 4.69) is 46.1 Å². The molecule has 5 nitrogen and oxygen atoms in total. The Bertz CT molecular complexity index is 392. The first-order chi connectivity index (χ1) is 9.70. The smallest absolute Gasteiger partial charge is 0.225 e. The summed E-state index contributed by atoms with van der Waals surface area (Å²) in [6.07, 6.45) is 7.51. The predicted octanol–water partition coefficient (Wildman–Crippen LogP) is 1.51. The summed E-state index contributed by atoms with van der Waals surface area (Å²) in [6.45, 7) is 6.36. The van der Waals surface area contributed by atoms with E-state index >= 15 is 0 Å². The molecule has 1 aliphatic heterocycles. The molecule has 1 saturated heterocycles. The second kappa shape index (κ2) is 7.55. The Morgan fingerprint density at radius 3 is 2.80 bits per heavy atom. The topological polar surface area (TPSA) is 44.3 Å². The van der Waals surface area contributed by atoms with Crippen molar-refractivity contribution in [3.8, 4) is 0 Å². The maximum atomic E-state index is 4.51. The summed E-state index contributed by atoms with van der Waals surface area (Å²) in [5.41, 5.74) is 1.15. The van der Waals surface area contributed by atoms with E-state index in [9.17, 15) is 0 Å². The van der Waals surface area contributed by atoms with Crippen LogP contribution in [0.3, 0.4) is 0 Å². The molecule has 1 aromatic heterocycles. The molecule has 1 atom stereocenters. The Kier molecular flexibility index (Phi) is 5.73. The van der Waals surface area contributed by atoms with Crippen molar-refractivity contribution in [3.63, 3.8) is 0 Å². The fraction of sp³-hybridized carbons (Fsp3) is 0.733. The van der Waals surface area contributed by atoms with Crippen molar-refractivity contribution in [2.45, 2.75) is 38.8 Å². The number of likely N-dealkylation sites (N-methyl/N-ethyl adjacent to an activating group) is 2. The quantitative estimate of drug-likeness (QED) is 0.799. The summed E-state index contributed by atoms with van der Waals surface area (Å²) >= 11 is 0. The summed E-state index contributed by atoms with van der Waals surface area (Å²) < 4.78 is 0. The number of piperidine rings is 1. The Morgan fingerprint density at radius 1 is 1.40 bits per heavy atom. The van der Waals surface area contributed by atoms with Gasteiger partial charge >= 0.3 is 0 Å². The van der Waals surface area contributed by atoms with E-state index in [-0.39, 0.29) is 0 Å². The molecule has 112 valence electrons. The summed E-state index contributed by atoms with van der Waals surface area (Å²) in [7, 11) is 4.29. The van der Waals surface area contributed by atoms with Gasteiger partial charge in [0.15, 0.2) is 0 Å². The molecule has 0 spiro atoms. The first kappa shape index (κ1) is 15.2.